The largest absolute Gasteiger partial charge is 0.395 e. The van der Waals surface area contributed by atoms with Gasteiger partial charge in [-0.25, -0.2) is 0 Å². The van der Waals surface area contributed by atoms with Crippen molar-refractivity contribution in [2.75, 3.05) is 39.8 Å². The summed E-state index contributed by atoms with van der Waals surface area (Å²) in [5.74, 6) is 0. The topological polar surface area (TPSA) is 26.7 Å². The molecule has 0 saturated carbocycles. The Kier molecular flexibility index (Phi) is 5.73. The van der Waals surface area contributed by atoms with E-state index < -0.39 is 0 Å². The van der Waals surface area contributed by atoms with Crippen molar-refractivity contribution in [2.45, 2.75) is 45.1 Å². The van der Waals surface area contributed by atoms with Gasteiger partial charge >= 0.3 is 0 Å². The number of likely N-dealkylation sites (N-methyl/N-ethyl adjacent to an activating group) is 1. The number of nitrogens with zero attached hydrogens (tertiary/aromatic N) is 2. The lowest BCUT2D eigenvalue weighted by Gasteiger charge is -2.39. The van der Waals surface area contributed by atoms with Crippen molar-refractivity contribution in [3.8, 4) is 0 Å². The second-order valence-electron chi connectivity index (χ2n) is 5.65. The van der Waals surface area contributed by atoms with E-state index in [4.69, 9.17) is 5.11 Å². The molecule has 0 spiro atoms. The van der Waals surface area contributed by atoms with Crippen molar-refractivity contribution >= 4 is 0 Å². The molecule has 0 aromatic heterocycles. The molecular formula is C13H28N2O. The summed E-state index contributed by atoms with van der Waals surface area (Å²) in [5.41, 5.74) is 0.160. The van der Waals surface area contributed by atoms with Crippen LogP contribution in [0.4, 0.5) is 0 Å². The highest BCUT2D eigenvalue weighted by molar-refractivity contribution is 4.83. The van der Waals surface area contributed by atoms with Gasteiger partial charge in [0.2, 0.25) is 0 Å². The fraction of sp³-hybridized carbons (Fsp3) is 1.00. The van der Waals surface area contributed by atoms with Gasteiger partial charge in [-0.3, -0.25) is 4.90 Å². The molecule has 1 aliphatic rings. The van der Waals surface area contributed by atoms with E-state index in [0.717, 1.165) is 13.1 Å². The minimum Gasteiger partial charge on any atom is -0.395 e. The highest BCUT2D eigenvalue weighted by atomic mass is 16.3. The smallest absolute Gasteiger partial charge is 0.0558 e. The fourth-order valence-electron chi connectivity index (χ4n) is 2.41. The molecule has 96 valence electrons. The molecule has 3 nitrogen and oxygen atoms in total. The minimum atomic E-state index is 0.160. The summed E-state index contributed by atoms with van der Waals surface area (Å²) < 4.78 is 0. The molecule has 1 rings (SSSR count). The Morgan fingerprint density at radius 1 is 1.12 bits per heavy atom. The van der Waals surface area contributed by atoms with E-state index in [9.17, 15) is 0 Å². The highest BCUT2D eigenvalue weighted by Gasteiger charge is 2.26. The third-order valence-electron chi connectivity index (χ3n) is 3.78. The predicted molar refractivity (Wildman–Crippen MR) is 68.7 cm³/mol. The maximum atomic E-state index is 9.00. The Bertz CT molecular complexity index is 186. The van der Waals surface area contributed by atoms with Gasteiger partial charge in [0.05, 0.1) is 6.61 Å². The van der Waals surface area contributed by atoms with Crippen LogP contribution in [0.1, 0.15) is 39.5 Å². The molecule has 1 saturated heterocycles. The number of likely N-dealkylation sites (tertiary alicyclic amines) is 1. The van der Waals surface area contributed by atoms with Gasteiger partial charge in [-0.2, -0.15) is 0 Å². The number of hydrogen-bond donors (Lipinski definition) is 1. The van der Waals surface area contributed by atoms with Crippen LogP contribution in [0.5, 0.6) is 0 Å². The van der Waals surface area contributed by atoms with Crippen LogP contribution < -0.4 is 0 Å². The van der Waals surface area contributed by atoms with Crippen molar-refractivity contribution in [1.82, 2.24) is 9.80 Å². The van der Waals surface area contributed by atoms with E-state index in [1.807, 2.05) is 0 Å². The predicted octanol–water partition coefficient (Wildman–Crippen LogP) is 1.57. The molecule has 16 heavy (non-hydrogen) atoms. The van der Waals surface area contributed by atoms with Gasteiger partial charge in [0.25, 0.3) is 0 Å². The number of aliphatic hydroxyl groups is 1. The summed E-state index contributed by atoms with van der Waals surface area (Å²) in [6.07, 6.45) is 5.48. The quantitative estimate of drug-likeness (QED) is 0.774. The van der Waals surface area contributed by atoms with Crippen molar-refractivity contribution in [1.29, 1.82) is 0 Å². The monoisotopic (exact) mass is 228 g/mol. The number of rotatable bonds is 5. The molecular weight excluding hydrogens is 200 g/mol. The second kappa shape index (κ2) is 6.58. The molecule has 0 aromatic carbocycles. The Labute approximate surface area is 100 Å². The third kappa shape index (κ3) is 4.40. The maximum absolute atomic E-state index is 9.00. The lowest BCUT2D eigenvalue weighted by atomic mass is 10.0. The Morgan fingerprint density at radius 2 is 1.69 bits per heavy atom. The Hall–Kier alpha value is -0.120. The van der Waals surface area contributed by atoms with E-state index in [1.54, 1.807) is 0 Å². The summed E-state index contributed by atoms with van der Waals surface area (Å²) in [6, 6.07) is 0. The van der Waals surface area contributed by atoms with Gasteiger partial charge in [0.1, 0.15) is 0 Å². The molecule has 0 unspecified atom stereocenters. The lowest BCUT2D eigenvalue weighted by Crippen LogP contribution is -2.51. The first kappa shape index (κ1) is 13.9. The van der Waals surface area contributed by atoms with Gasteiger partial charge in [-0.1, -0.05) is 12.8 Å². The number of hydrogen-bond acceptors (Lipinski definition) is 3. The van der Waals surface area contributed by atoms with Gasteiger partial charge in [-0.15, -0.1) is 0 Å². The van der Waals surface area contributed by atoms with Crippen LogP contribution >= 0.6 is 0 Å². The summed E-state index contributed by atoms with van der Waals surface area (Å²) in [5, 5.41) is 9.00. The summed E-state index contributed by atoms with van der Waals surface area (Å²) >= 11 is 0. The molecule has 0 radical (unpaired) electrons. The minimum absolute atomic E-state index is 0.160. The van der Waals surface area contributed by atoms with E-state index in [-0.39, 0.29) is 12.1 Å². The van der Waals surface area contributed by atoms with Gasteiger partial charge in [-0.05, 0) is 46.8 Å². The molecule has 1 heterocycles. The SMILES string of the molecule is CN(CCO)C(C)(C)CN1CCCCCC1. The van der Waals surface area contributed by atoms with E-state index in [0.29, 0.717) is 0 Å². The van der Waals surface area contributed by atoms with Crippen LogP contribution in [-0.4, -0.2) is 60.3 Å². The average molecular weight is 228 g/mol. The van der Waals surface area contributed by atoms with E-state index in [2.05, 4.69) is 30.7 Å². The molecule has 0 aliphatic carbocycles. The standard InChI is InChI=1S/C13H28N2O/c1-13(2,14(3)10-11-16)12-15-8-6-4-5-7-9-15/h16H,4-12H2,1-3H3. The van der Waals surface area contributed by atoms with Crippen LogP contribution in [0, 0.1) is 0 Å². The van der Waals surface area contributed by atoms with Gasteiger partial charge in [0.15, 0.2) is 0 Å². The molecule has 0 atom stereocenters. The Balaban J connectivity index is 2.42. The molecule has 1 fully saturated rings. The summed E-state index contributed by atoms with van der Waals surface area (Å²) in [7, 11) is 2.11. The summed E-state index contributed by atoms with van der Waals surface area (Å²) in [4.78, 5) is 4.85. The first-order valence-corrected chi connectivity index (χ1v) is 6.61. The molecule has 1 aliphatic heterocycles. The van der Waals surface area contributed by atoms with Crippen LogP contribution in [0.15, 0.2) is 0 Å². The van der Waals surface area contributed by atoms with Crippen molar-refractivity contribution in [3.05, 3.63) is 0 Å². The molecule has 3 heteroatoms. The zero-order valence-electron chi connectivity index (χ0n) is 11.2. The zero-order valence-corrected chi connectivity index (χ0v) is 11.2. The summed E-state index contributed by atoms with van der Waals surface area (Å²) in [6.45, 7) is 9.16. The zero-order chi connectivity index (χ0) is 12.0. The fourth-order valence-corrected chi connectivity index (χ4v) is 2.41. The highest BCUT2D eigenvalue weighted by Crippen LogP contribution is 2.17. The number of β-amino-alcohol motifs (C(OH)–C–C–N with tert-alkyl or cyclic N) is 1. The van der Waals surface area contributed by atoms with Crippen LogP contribution in [-0.2, 0) is 0 Å². The van der Waals surface area contributed by atoms with Crippen molar-refractivity contribution in [3.63, 3.8) is 0 Å². The number of aliphatic hydroxyl groups excluding tert-OH is 1. The molecule has 0 amide bonds. The molecule has 0 bridgehead atoms. The molecule has 0 aromatic rings. The average Bonchev–Trinajstić information content (AvgIpc) is 2.46. The van der Waals surface area contributed by atoms with Crippen LogP contribution in [0.25, 0.3) is 0 Å². The lowest BCUT2D eigenvalue weighted by molar-refractivity contribution is 0.0814. The first-order chi connectivity index (χ1) is 7.56. The van der Waals surface area contributed by atoms with Gasteiger partial charge in [0, 0.05) is 18.6 Å². The maximum Gasteiger partial charge on any atom is 0.0558 e. The van der Waals surface area contributed by atoms with E-state index in [1.165, 1.54) is 38.8 Å². The van der Waals surface area contributed by atoms with Crippen LogP contribution in [0.3, 0.4) is 0 Å². The second-order valence-corrected chi connectivity index (χ2v) is 5.65. The normalized spacial score (nSPS) is 20.1. The van der Waals surface area contributed by atoms with Crippen molar-refractivity contribution in [2.24, 2.45) is 0 Å². The third-order valence-corrected chi connectivity index (χ3v) is 3.78. The molecule has 1 N–H and O–H groups in total. The Morgan fingerprint density at radius 3 is 2.19 bits per heavy atom. The first-order valence-electron chi connectivity index (χ1n) is 6.61. The van der Waals surface area contributed by atoms with Crippen LogP contribution in [0.2, 0.25) is 0 Å². The van der Waals surface area contributed by atoms with Gasteiger partial charge < -0.3 is 10.0 Å². The van der Waals surface area contributed by atoms with Crippen molar-refractivity contribution < 1.29 is 5.11 Å². The van der Waals surface area contributed by atoms with E-state index >= 15 is 0 Å².